The number of anilines is 1. The second kappa shape index (κ2) is 5.25. The molecular weight excluding hydrogens is 278 g/mol. The van der Waals surface area contributed by atoms with Crippen LogP contribution in [-0.4, -0.2) is 16.0 Å². The zero-order chi connectivity index (χ0) is 13.4. The molecule has 19 heavy (non-hydrogen) atoms. The van der Waals surface area contributed by atoms with Gasteiger partial charge in [0.2, 0.25) is 5.95 Å². The van der Waals surface area contributed by atoms with Crippen LogP contribution in [0, 0.1) is 12.8 Å². The Hall–Kier alpha value is -0.870. The predicted molar refractivity (Wildman–Crippen MR) is 82.2 cm³/mol. The van der Waals surface area contributed by atoms with Crippen molar-refractivity contribution in [2.24, 2.45) is 5.92 Å². The summed E-state index contributed by atoms with van der Waals surface area (Å²) in [6, 6.07) is 2.53. The van der Waals surface area contributed by atoms with Gasteiger partial charge in [-0.1, -0.05) is 31.4 Å². The molecule has 3 nitrogen and oxygen atoms in total. The second-order valence-electron chi connectivity index (χ2n) is 5.43. The Labute approximate surface area is 122 Å². The minimum atomic E-state index is 0.475. The van der Waals surface area contributed by atoms with Crippen LogP contribution in [0.5, 0.6) is 0 Å². The van der Waals surface area contributed by atoms with Crippen LogP contribution in [0.4, 0.5) is 5.95 Å². The summed E-state index contributed by atoms with van der Waals surface area (Å²) in [4.78, 5) is 11.2. The molecule has 0 aromatic carbocycles. The molecule has 1 aliphatic carbocycles. The number of nitrogens with zero attached hydrogens (tertiary/aromatic N) is 2. The summed E-state index contributed by atoms with van der Waals surface area (Å²) < 4.78 is 0. The van der Waals surface area contributed by atoms with Crippen LogP contribution in [0.1, 0.15) is 37.5 Å². The van der Waals surface area contributed by atoms with Gasteiger partial charge < -0.3 is 5.32 Å². The van der Waals surface area contributed by atoms with Gasteiger partial charge in [0.05, 0.1) is 0 Å². The highest BCUT2D eigenvalue weighted by Gasteiger charge is 2.22. The van der Waals surface area contributed by atoms with Gasteiger partial charge in [0.15, 0.2) is 0 Å². The van der Waals surface area contributed by atoms with Crippen LogP contribution < -0.4 is 5.32 Å². The molecule has 2 heterocycles. The Balaban J connectivity index is 1.88. The minimum absolute atomic E-state index is 0.475. The maximum atomic E-state index is 6.25. The standard InChI is InChI=1S/C14H18ClN3S/c1-8-5-3-4-6-11(8)16-14-17-12(15)10-7-9(2)19-13(10)18-14/h7-8,11H,3-6H2,1-2H3,(H,16,17,18). The van der Waals surface area contributed by atoms with Crippen LogP contribution in [-0.2, 0) is 0 Å². The molecule has 0 saturated heterocycles. The Morgan fingerprint density at radius 3 is 2.89 bits per heavy atom. The van der Waals surface area contributed by atoms with Gasteiger partial charge in [0.25, 0.3) is 0 Å². The lowest BCUT2D eigenvalue weighted by molar-refractivity contribution is 0.348. The van der Waals surface area contributed by atoms with Crippen molar-refractivity contribution in [3.05, 3.63) is 16.1 Å². The molecule has 1 saturated carbocycles. The van der Waals surface area contributed by atoms with Crippen LogP contribution in [0.2, 0.25) is 5.15 Å². The zero-order valence-electron chi connectivity index (χ0n) is 11.2. The Kier molecular flexibility index (Phi) is 3.63. The lowest BCUT2D eigenvalue weighted by Gasteiger charge is -2.29. The first-order chi connectivity index (χ1) is 9.13. The van der Waals surface area contributed by atoms with Gasteiger partial charge in [-0.15, -0.1) is 11.3 Å². The highest BCUT2D eigenvalue weighted by molar-refractivity contribution is 7.18. The second-order valence-corrected chi connectivity index (χ2v) is 7.02. The SMILES string of the molecule is Cc1cc2c(Cl)nc(NC3CCCCC3C)nc2s1. The van der Waals surface area contributed by atoms with Gasteiger partial charge in [0, 0.05) is 16.3 Å². The molecule has 2 unspecified atom stereocenters. The van der Waals surface area contributed by atoms with Crippen molar-refractivity contribution in [1.29, 1.82) is 0 Å². The first kappa shape index (κ1) is 13.1. The lowest BCUT2D eigenvalue weighted by atomic mass is 9.86. The fraction of sp³-hybridized carbons (Fsp3) is 0.571. The van der Waals surface area contributed by atoms with E-state index in [0.717, 1.165) is 10.2 Å². The summed E-state index contributed by atoms with van der Waals surface area (Å²) >= 11 is 7.91. The Morgan fingerprint density at radius 1 is 1.32 bits per heavy atom. The molecule has 0 spiro atoms. The van der Waals surface area contributed by atoms with Crippen molar-refractivity contribution in [2.75, 3.05) is 5.32 Å². The molecule has 3 rings (SSSR count). The summed E-state index contributed by atoms with van der Waals surface area (Å²) in [6.07, 6.45) is 5.11. The van der Waals surface area contributed by atoms with Gasteiger partial charge in [-0.05, 0) is 31.7 Å². The number of aryl methyl sites for hydroxylation is 1. The smallest absolute Gasteiger partial charge is 0.225 e. The van der Waals surface area contributed by atoms with E-state index in [2.05, 4.69) is 35.2 Å². The third kappa shape index (κ3) is 2.70. The third-order valence-electron chi connectivity index (χ3n) is 3.90. The molecule has 1 N–H and O–H groups in total. The topological polar surface area (TPSA) is 37.8 Å². The number of fused-ring (bicyclic) bond motifs is 1. The lowest BCUT2D eigenvalue weighted by Crippen LogP contribution is -2.31. The molecule has 5 heteroatoms. The predicted octanol–water partition coefficient (Wildman–Crippen LogP) is 4.64. The van der Waals surface area contributed by atoms with Gasteiger partial charge in [0.1, 0.15) is 9.98 Å². The molecule has 0 radical (unpaired) electrons. The largest absolute Gasteiger partial charge is 0.351 e. The van der Waals surface area contributed by atoms with Crippen LogP contribution >= 0.6 is 22.9 Å². The molecule has 0 bridgehead atoms. The maximum absolute atomic E-state index is 6.25. The fourth-order valence-corrected chi connectivity index (χ4v) is 3.93. The monoisotopic (exact) mass is 295 g/mol. The summed E-state index contributed by atoms with van der Waals surface area (Å²) in [6.45, 7) is 4.37. The molecule has 2 aromatic rings. The van der Waals surface area contributed by atoms with Gasteiger partial charge in [-0.3, -0.25) is 0 Å². The van der Waals surface area contributed by atoms with Crippen molar-refractivity contribution in [3.8, 4) is 0 Å². The Bertz CT molecular complexity index is 596. The average Bonchev–Trinajstić information content (AvgIpc) is 2.73. The van der Waals surface area contributed by atoms with E-state index >= 15 is 0 Å². The van der Waals surface area contributed by atoms with Crippen molar-refractivity contribution >= 4 is 39.1 Å². The highest BCUT2D eigenvalue weighted by Crippen LogP contribution is 2.31. The van der Waals surface area contributed by atoms with E-state index in [-0.39, 0.29) is 0 Å². The van der Waals surface area contributed by atoms with Crippen LogP contribution in [0.15, 0.2) is 6.07 Å². The van der Waals surface area contributed by atoms with E-state index in [1.165, 1.54) is 30.6 Å². The van der Waals surface area contributed by atoms with E-state index in [0.29, 0.717) is 23.1 Å². The fourth-order valence-electron chi connectivity index (χ4n) is 2.77. The summed E-state index contributed by atoms with van der Waals surface area (Å²) in [5, 5.41) is 4.99. The third-order valence-corrected chi connectivity index (χ3v) is 5.13. The molecular formula is C14H18ClN3S. The maximum Gasteiger partial charge on any atom is 0.225 e. The number of rotatable bonds is 2. The molecule has 2 aromatic heterocycles. The van der Waals surface area contributed by atoms with Gasteiger partial charge >= 0.3 is 0 Å². The summed E-state index contributed by atoms with van der Waals surface area (Å²) in [5.74, 6) is 1.36. The molecule has 1 aliphatic rings. The van der Waals surface area contributed by atoms with E-state index in [4.69, 9.17) is 11.6 Å². The summed E-state index contributed by atoms with van der Waals surface area (Å²) in [7, 11) is 0. The molecule has 1 fully saturated rings. The zero-order valence-corrected chi connectivity index (χ0v) is 12.8. The number of aromatic nitrogens is 2. The minimum Gasteiger partial charge on any atom is -0.351 e. The molecule has 0 amide bonds. The highest BCUT2D eigenvalue weighted by atomic mass is 35.5. The number of hydrogen-bond donors (Lipinski definition) is 1. The average molecular weight is 296 g/mol. The number of thiophene rings is 1. The number of nitrogens with one attached hydrogen (secondary N) is 1. The van der Waals surface area contributed by atoms with Crippen molar-refractivity contribution in [3.63, 3.8) is 0 Å². The van der Waals surface area contributed by atoms with Gasteiger partial charge in [-0.2, -0.15) is 0 Å². The summed E-state index contributed by atoms with van der Waals surface area (Å²) in [5.41, 5.74) is 0. The Morgan fingerprint density at radius 2 is 2.11 bits per heavy atom. The number of halogens is 1. The molecule has 0 aliphatic heterocycles. The van der Waals surface area contributed by atoms with Crippen molar-refractivity contribution < 1.29 is 0 Å². The van der Waals surface area contributed by atoms with Crippen molar-refractivity contribution in [1.82, 2.24) is 9.97 Å². The normalized spacial score (nSPS) is 23.7. The van der Waals surface area contributed by atoms with E-state index < -0.39 is 0 Å². The molecule has 102 valence electrons. The quantitative estimate of drug-likeness (QED) is 0.820. The van der Waals surface area contributed by atoms with E-state index in [1.54, 1.807) is 11.3 Å². The van der Waals surface area contributed by atoms with Crippen LogP contribution in [0.25, 0.3) is 10.2 Å². The van der Waals surface area contributed by atoms with E-state index in [1.807, 2.05) is 0 Å². The van der Waals surface area contributed by atoms with Crippen molar-refractivity contribution in [2.45, 2.75) is 45.6 Å². The van der Waals surface area contributed by atoms with E-state index in [9.17, 15) is 0 Å². The van der Waals surface area contributed by atoms with Crippen LogP contribution in [0.3, 0.4) is 0 Å². The number of hydrogen-bond acceptors (Lipinski definition) is 4. The molecule has 2 atom stereocenters. The first-order valence-corrected chi connectivity index (χ1v) is 8.03. The van der Waals surface area contributed by atoms with Gasteiger partial charge in [-0.25, -0.2) is 9.97 Å². The first-order valence-electron chi connectivity index (χ1n) is 6.83.